The third-order valence-corrected chi connectivity index (χ3v) is 2.49. The first-order valence-electron chi connectivity index (χ1n) is 4.31. The van der Waals surface area contributed by atoms with E-state index in [2.05, 4.69) is 36.8 Å². The van der Waals surface area contributed by atoms with Crippen LogP contribution in [0.3, 0.4) is 0 Å². The van der Waals surface area contributed by atoms with E-state index < -0.39 is 0 Å². The molecule has 0 atom stereocenters. The normalized spacial score (nSPS) is 16.6. The Morgan fingerprint density at radius 2 is 2.08 bits per heavy atom. The van der Waals surface area contributed by atoms with E-state index >= 15 is 0 Å². The Bertz CT molecular complexity index is 287. The van der Waals surface area contributed by atoms with Crippen LogP contribution in [0.4, 0.5) is 0 Å². The van der Waals surface area contributed by atoms with Gasteiger partial charge in [-0.15, -0.1) is 0 Å². The smallest absolute Gasteiger partial charge is 0.0592 e. The van der Waals surface area contributed by atoms with Gasteiger partial charge in [0.1, 0.15) is 0 Å². The topological polar surface area (TPSA) is 16.1 Å². The van der Waals surface area contributed by atoms with Crippen LogP contribution in [0.5, 0.6) is 0 Å². The van der Waals surface area contributed by atoms with Gasteiger partial charge in [0.25, 0.3) is 0 Å². The molecule has 64 valence electrons. The van der Waals surface area contributed by atoms with Gasteiger partial charge in [0.15, 0.2) is 0 Å². The van der Waals surface area contributed by atoms with E-state index in [9.17, 15) is 0 Å². The second kappa shape index (κ2) is 2.56. The van der Waals surface area contributed by atoms with Crippen molar-refractivity contribution in [2.24, 2.45) is 0 Å². The maximum atomic E-state index is 4.56. The number of aromatic nitrogens is 1. The van der Waals surface area contributed by atoms with Crippen molar-refractivity contribution in [3.63, 3.8) is 0 Å². The van der Waals surface area contributed by atoms with Crippen molar-refractivity contribution < 1.29 is 0 Å². The number of nitrogens with zero attached hydrogens (tertiary/aromatic N) is 2. The molecule has 0 bridgehead atoms. The summed E-state index contributed by atoms with van der Waals surface area (Å²) in [4.78, 5) is 6.85. The van der Waals surface area contributed by atoms with Crippen LogP contribution < -0.4 is 0 Å². The Balaban J connectivity index is 2.48. The van der Waals surface area contributed by atoms with E-state index in [1.165, 1.54) is 22.5 Å². The van der Waals surface area contributed by atoms with E-state index in [1.807, 2.05) is 0 Å². The molecular weight excluding hydrogens is 148 g/mol. The molecule has 1 aliphatic heterocycles. The first-order valence-corrected chi connectivity index (χ1v) is 4.31. The van der Waals surface area contributed by atoms with Crippen LogP contribution in [0.2, 0.25) is 0 Å². The molecule has 1 aromatic heterocycles. The Labute approximate surface area is 73.2 Å². The van der Waals surface area contributed by atoms with Crippen molar-refractivity contribution in [2.45, 2.75) is 26.9 Å². The summed E-state index contributed by atoms with van der Waals surface area (Å²) in [5.74, 6) is 0. The number of aryl methyl sites for hydroxylation is 2. The van der Waals surface area contributed by atoms with E-state index in [0.717, 1.165) is 13.1 Å². The van der Waals surface area contributed by atoms with Crippen molar-refractivity contribution in [3.8, 4) is 0 Å². The van der Waals surface area contributed by atoms with Gasteiger partial charge in [0.2, 0.25) is 0 Å². The zero-order valence-corrected chi connectivity index (χ0v) is 7.89. The quantitative estimate of drug-likeness (QED) is 0.576. The molecular formula is C10H14N2. The number of rotatable bonds is 0. The van der Waals surface area contributed by atoms with Gasteiger partial charge in [-0.1, -0.05) is 6.07 Å². The minimum Gasteiger partial charge on any atom is -0.296 e. The van der Waals surface area contributed by atoms with Gasteiger partial charge in [0, 0.05) is 18.8 Å². The van der Waals surface area contributed by atoms with Gasteiger partial charge in [-0.05, 0) is 32.0 Å². The summed E-state index contributed by atoms with van der Waals surface area (Å²) in [5.41, 5.74) is 5.15. The van der Waals surface area contributed by atoms with Crippen molar-refractivity contribution in [3.05, 3.63) is 28.6 Å². The van der Waals surface area contributed by atoms with Crippen molar-refractivity contribution >= 4 is 0 Å². The van der Waals surface area contributed by atoms with E-state index in [1.54, 1.807) is 0 Å². The fraction of sp³-hybridized carbons (Fsp3) is 0.500. The van der Waals surface area contributed by atoms with Gasteiger partial charge in [-0.25, -0.2) is 0 Å². The number of pyridine rings is 1. The Morgan fingerprint density at radius 3 is 2.83 bits per heavy atom. The molecule has 1 aliphatic rings. The van der Waals surface area contributed by atoms with Crippen LogP contribution in [-0.4, -0.2) is 16.9 Å². The van der Waals surface area contributed by atoms with Gasteiger partial charge in [0.05, 0.1) is 5.69 Å². The Hall–Kier alpha value is -0.890. The average molecular weight is 162 g/mol. The highest BCUT2D eigenvalue weighted by molar-refractivity contribution is 5.31. The summed E-state index contributed by atoms with van der Waals surface area (Å²) in [6.45, 7) is 6.27. The van der Waals surface area contributed by atoms with Crippen LogP contribution in [0.25, 0.3) is 0 Å². The second-order valence-corrected chi connectivity index (χ2v) is 3.67. The predicted molar refractivity (Wildman–Crippen MR) is 48.9 cm³/mol. The van der Waals surface area contributed by atoms with Crippen LogP contribution in [0.15, 0.2) is 6.07 Å². The molecule has 0 amide bonds. The minimum absolute atomic E-state index is 1.01. The number of hydrogen-bond donors (Lipinski definition) is 0. The molecule has 2 nitrogen and oxygen atoms in total. The second-order valence-electron chi connectivity index (χ2n) is 3.67. The number of hydrogen-bond acceptors (Lipinski definition) is 2. The third kappa shape index (κ3) is 1.12. The van der Waals surface area contributed by atoms with Crippen LogP contribution in [-0.2, 0) is 13.1 Å². The molecule has 1 aromatic rings. The van der Waals surface area contributed by atoms with Crippen molar-refractivity contribution in [2.75, 3.05) is 7.05 Å². The minimum atomic E-state index is 1.01. The Kier molecular flexibility index (Phi) is 1.65. The fourth-order valence-corrected chi connectivity index (χ4v) is 1.69. The predicted octanol–water partition coefficient (Wildman–Crippen LogP) is 1.64. The standard InChI is InChI=1S/C10H14N2/c1-7-4-9-5-12(3)6-10(9)11-8(7)2/h4H,5-6H2,1-3H3. The first kappa shape index (κ1) is 7.74. The largest absolute Gasteiger partial charge is 0.296 e. The van der Waals surface area contributed by atoms with E-state index in [0.29, 0.717) is 0 Å². The summed E-state index contributed by atoms with van der Waals surface area (Å²) < 4.78 is 0. The van der Waals surface area contributed by atoms with Crippen molar-refractivity contribution in [1.82, 2.24) is 9.88 Å². The molecule has 0 aliphatic carbocycles. The van der Waals surface area contributed by atoms with Gasteiger partial charge in [-0.2, -0.15) is 0 Å². The summed E-state index contributed by atoms with van der Waals surface area (Å²) in [6.07, 6.45) is 0. The highest BCUT2D eigenvalue weighted by Gasteiger charge is 2.17. The zero-order chi connectivity index (χ0) is 8.72. The maximum absolute atomic E-state index is 4.56. The molecule has 12 heavy (non-hydrogen) atoms. The summed E-state index contributed by atoms with van der Waals surface area (Å²) >= 11 is 0. The molecule has 0 saturated heterocycles. The molecule has 0 unspecified atom stereocenters. The monoisotopic (exact) mass is 162 g/mol. The van der Waals surface area contributed by atoms with Gasteiger partial charge >= 0.3 is 0 Å². The number of fused-ring (bicyclic) bond motifs is 1. The molecule has 0 spiro atoms. The lowest BCUT2D eigenvalue weighted by Crippen LogP contribution is -2.07. The molecule has 0 saturated carbocycles. The SMILES string of the molecule is Cc1cc2c(nc1C)CN(C)C2. The fourth-order valence-electron chi connectivity index (χ4n) is 1.69. The van der Waals surface area contributed by atoms with Gasteiger partial charge < -0.3 is 0 Å². The van der Waals surface area contributed by atoms with E-state index in [-0.39, 0.29) is 0 Å². The third-order valence-electron chi connectivity index (χ3n) is 2.49. The summed E-state index contributed by atoms with van der Waals surface area (Å²) in [6, 6.07) is 2.27. The van der Waals surface area contributed by atoms with Crippen LogP contribution in [0, 0.1) is 13.8 Å². The molecule has 0 aromatic carbocycles. The lowest BCUT2D eigenvalue weighted by Gasteiger charge is -2.02. The van der Waals surface area contributed by atoms with Crippen LogP contribution in [0.1, 0.15) is 22.5 Å². The van der Waals surface area contributed by atoms with Gasteiger partial charge in [-0.3, -0.25) is 9.88 Å². The Morgan fingerprint density at radius 1 is 1.33 bits per heavy atom. The lowest BCUT2D eigenvalue weighted by molar-refractivity contribution is 0.351. The molecule has 2 rings (SSSR count). The lowest BCUT2D eigenvalue weighted by atomic mass is 10.1. The maximum Gasteiger partial charge on any atom is 0.0592 e. The summed E-state index contributed by atoms with van der Waals surface area (Å²) in [5, 5.41) is 0. The molecule has 0 N–H and O–H groups in total. The highest BCUT2D eigenvalue weighted by atomic mass is 15.1. The molecule has 2 heterocycles. The molecule has 2 heteroatoms. The first-order chi connectivity index (χ1) is 5.66. The average Bonchev–Trinajstić information content (AvgIpc) is 2.30. The highest BCUT2D eigenvalue weighted by Crippen LogP contribution is 2.21. The molecule has 0 fully saturated rings. The molecule has 0 radical (unpaired) electrons. The van der Waals surface area contributed by atoms with Crippen LogP contribution >= 0.6 is 0 Å². The van der Waals surface area contributed by atoms with E-state index in [4.69, 9.17) is 0 Å². The van der Waals surface area contributed by atoms with Crippen molar-refractivity contribution in [1.29, 1.82) is 0 Å². The summed E-state index contributed by atoms with van der Waals surface area (Å²) in [7, 11) is 2.13. The zero-order valence-electron chi connectivity index (χ0n) is 7.89.